The van der Waals surface area contributed by atoms with Gasteiger partial charge in [-0.15, -0.1) is 0 Å². The summed E-state index contributed by atoms with van der Waals surface area (Å²) in [7, 11) is 0. The molecule has 0 saturated heterocycles. The molecule has 1 heterocycles. The predicted molar refractivity (Wildman–Crippen MR) is 68.5 cm³/mol. The van der Waals surface area contributed by atoms with Gasteiger partial charge in [0.15, 0.2) is 0 Å². The van der Waals surface area contributed by atoms with Crippen molar-refractivity contribution in [3.8, 4) is 0 Å². The third-order valence-electron chi connectivity index (χ3n) is 2.67. The van der Waals surface area contributed by atoms with Crippen LogP contribution in [0.3, 0.4) is 0 Å². The summed E-state index contributed by atoms with van der Waals surface area (Å²) in [6.07, 6.45) is 4.82. The maximum absolute atomic E-state index is 6.17. The number of hydrogen-bond acceptors (Lipinski definition) is 2. The molecule has 0 spiro atoms. The molecule has 4 heteroatoms. The number of hydrogen-bond donors (Lipinski definition) is 1. The molecule has 1 atom stereocenters. The van der Waals surface area contributed by atoms with E-state index in [0.29, 0.717) is 10.9 Å². The zero-order valence-electron chi connectivity index (χ0n) is 10.4. The quantitative estimate of drug-likeness (QED) is 0.833. The van der Waals surface area contributed by atoms with Crippen molar-refractivity contribution in [3.05, 3.63) is 16.9 Å². The van der Waals surface area contributed by atoms with E-state index >= 15 is 0 Å². The molecule has 1 rings (SSSR count). The lowest BCUT2D eigenvalue weighted by Gasteiger charge is -2.15. The molecule has 1 aromatic rings. The van der Waals surface area contributed by atoms with Gasteiger partial charge >= 0.3 is 0 Å². The molecule has 1 aromatic heterocycles. The Balaban J connectivity index is 2.72. The van der Waals surface area contributed by atoms with Crippen LogP contribution in [0, 0.1) is 5.92 Å². The van der Waals surface area contributed by atoms with Crippen LogP contribution in [0.4, 0.5) is 0 Å². The molecule has 0 aliphatic rings. The summed E-state index contributed by atoms with van der Waals surface area (Å²) in [6.45, 7) is 7.42. The van der Waals surface area contributed by atoms with E-state index in [1.54, 1.807) is 6.20 Å². The Kier molecular flexibility index (Phi) is 5.29. The van der Waals surface area contributed by atoms with Crippen LogP contribution < -0.4 is 5.73 Å². The number of aryl methyl sites for hydroxylation is 1. The smallest absolute Gasteiger partial charge is 0.0834 e. The summed E-state index contributed by atoms with van der Waals surface area (Å²) in [5.41, 5.74) is 7.16. The minimum Gasteiger partial charge on any atom is -0.323 e. The number of halogens is 1. The van der Waals surface area contributed by atoms with Crippen molar-refractivity contribution in [3.63, 3.8) is 0 Å². The summed E-state index contributed by atoms with van der Waals surface area (Å²) in [4.78, 5) is 0. The van der Waals surface area contributed by atoms with E-state index in [4.69, 9.17) is 17.3 Å². The summed E-state index contributed by atoms with van der Waals surface area (Å²) >= 11 is 6.13. The van der Waals surface area contributed by atoms with Gasteiger partial charge < -0.3 is 5.73 Å². The summed E-state index contributed by atoms with van der Waals surface area (Å²) in [5, 5.41) is 4.96. The van der Waals surface area contributed by atoms with Crippen molar-refractivity contribution < 1.29 is 0 Å². The zero-order chi connectivity index (χ0) is 12.1. The van der Waals surface area contributed by atoms with E-state index in [1.165, 1.54) is 0 Å². The molecule has 0 amide bonds. The molecule has 0 aromatic carbocycles. The van der Waals surface area contributed by atoms with Crippen molar-refractivity contribution in [2.24, 2.45) is 11.7 Å². The van der Waals surface area contributed by atoms with Gasteiger partial charge in [0.1, 0.15) is 0 Å². The number of nitrogens with two attached hydrogens (primary N) is 1. The normalized spacial score (nSPS) is 13.4. The predicted octanol–water partition coefficient (Wildman–Crippen LogP) is 3.38. The lowest BCUT2D eigenvalue weighted by atomic mass is 10.0. The first-order valence-corrected chi connectivity index (χ1v) is 6.40. The second-order valence-corrected chi connectivity index (χ2v) is 5.09. The van der Waals surface area contributed by atoms with Crippen molar-refractivity contribution in [2.75, 3.05) is 0 Å². The minimum absolute atomic E-state index is 0.00366. The first-order valence-electron chi connectivity index (χ1n) is 6.03. The summed E-state index contributed by atoms with van der Waals surface area (Å²) in [6, 6.07) is 0.00366. The van der Waals surface area contributed by atoms with Crippen LogP contribution in [-0.4, -0.2) is 9.78 Å². The zero-order valence-corrected chi connectivity index (χ0v) is 11.2. The van der Waals surface area contributed by atoms with Gasteiger partial charge in [0, 0.05) is 12.6 Å². The Morgan fingerprint density at radius 2 is 2.12 bits per heavy atom. The average Bonchev–Trinajstić information content (AvgIpc) is 2.57. The van der Waals surface area contributed by atoms with Gasteiger partial charge in [0.05, 0.1) is 16.9 Å². The lowest BCUT2D eigenvalue weighted by molar-refractivity contribution is 0.472. The fourth-order valence-corrected chi connectivity index (χ4v) is 2.06. The van der Waals surface area contributed by atoms with Crippen molar-refractivity contribution in [2.45, 2.75) is 52.6 Å². The third-order valence-corrected chi connectivity index (χ3v) is 2.97. The summed E-state index contributed by atoms with van der Waals surface area (Å²) in [5.74, 6) is 0.673. The highest BCUT2D eigenvalue weighted by molar-refractivity contribution is 6.31. The molecular weight excluding hydrogens is 222 g/mol. The maximum Gasteiger partial charge on any atom is 0.0834 e. The van der Waals surface area contributed by atoms with Gasteiger partial charge in [-0.05, 0) is 25.2 Å². The molecule has 0 radical (unpaired) electrons. The maximum atomic E-state index is 6.17. The first-order chi connectivity index (χ1) is 7.56. The minimum atomic E-state index is 0.00366. The van der Waals surface area contributed by atoms with Gasteiger partial charge in [-0.25, -0.2) is 0 Å². The average molecular weight is 244 g/mol. The van der Waals surface area contributed by atoms with Crippen LogP contribution in [0.25, 0.3) is 0 Å². The first kappa shape index (κ1) is 13.5. The monoisotopic (exact) mass is 243 g/mol. The Morgan fingerprint density at radius 3 is 2.69 bits per heavy atom. The second-order valence-electron chi connectivity index (χ2n) is 4.68. The largest absolute Gasteiger partial charge is 0.323 e. The van der Waals surface area contributed by atoms with Crippen LogP contribution in [0.5, 0.6) is 0 Å². The third kappa shape index (κ3) is 3.49. The SMILES string of the molecule is CCCn1ncc(Cl)c1C(N)CCC(C)C. The van der Waals surface area contributed by atoms with E-state index < -0.39 is 0 Å². The molecule has 3 nitrogen and oxygen atoms in total. The number of nitrogens with zero attached hydrogens (tertiary/aromatic N) is 2. The molecule has 92 valence electrons. The van der Waals surface area contributed by atoms with Crippen LogP contribution in [0.2, 0.25) is 5.02 Å². The Bertz CT molecular complexity index is 320. The van der Waals surface area contributed by atoms with E-state index in [2.05, 4.69) is 25.9 Å². The topological polar surface area (TPSA) is 43.8 Å². The molecule has 0 fully saturated rings. The van der Waals surface area contributed by atoms with E-state index in [9.17, 15) is 0 Å². The Morgan fingerprint density at radius 1 is 1.44 bits per heavy atom. The lowest BCUT2D eigenvalue weighted by Crippen LogP contribution is -2.17. The van der Waals surface area contributed by atoms with E-state index in [1.807, 2.05) is 4.68 Å². The van der Waals surface area contributed by atoms with Gasteiger partial charge in [0.2, 0.25) is 0 Å². The van der Waals surface area contributed by atoms with Crippen molar-refractivity contribution in [1.82, 2.24) is 9.78 Å². The van der Waals surface area contributed by atoms with E-state index in [-0.39, 0.29) is 6.04 Å². The molecule has 16 heavy (non-hydrogen) atoms. The van der Waals surface area contributed by atoms with Gasteiger partial charge in [-0.2, -0.15) is 5.10 Å². The van der Waals surface area contributed by atoms with Crippen LogP contribution in [0.15, 0.2) is 6.20 Å². The number of rotatable bonds is 6. The molecular formula is C12H22ClN3. The van der Waals surface area contributed by atoms with Gasteiger partial charge in [0.25, 0.3) is 0 Å². The van der Waals surface area contributed by atoms with E-state index in [0.717, 1.165) is 31.5 Å². The molecule has 0 aliphatic heterocycles. The fourth-order valence-electron chi connectivity index (χ4n) is 1.78. The standard InChI is InChI=1S/C12H22ClN3/c1-4-7-16-12(10(13)8-15-16)11(14)6-5-9(2)3/h8-9,11H,4-7,14H2,1-3H3. The Hall–Kier alpha value is -0.540. The molecule has 0 aliphatic carbocycles. The van der Waals surface area contributed by atoms with Crippen LogP contribution in [-0.2, 0) is 6.54 Å². The number of aromatic nitrogens is 2. The molecule has 0 saturated carbocycles. The summed E-state index contributed by atoms with van der Waals surface area (Å²) < 4.78 is 1.94. The molecule has 1 unspecified atom stereocenters. The fraction of sp³-hybridized carbons (Fsp3) is 0.750. The van der Waals surface area contributed by atoms with Crippen molar-refractivity contribution >= 4 is 11.6 Å². The highest BCUT2D eigenvalue weighted by Crippen LogP contribution is 2.25. The van der Waals surface area contributed by atoms with Crippen LogP contribution in [0.1, 0.15) is 51.8 Å². The highest BCUT2D eigenvalue weighted by Gasteiger charge is 2.16. The molecule has 2 N–H and O–H groups in total. The second kappa shape index (κ2) is 6.26. The Labute approximate surface area is 103 Å². The molecule has 0 bridgehead atoms. The van der Waals surface area contributed by atoms with Gasteiger partial charge in [-0.3, -0.25) is 4.68 Å². The van der Waals surface area contributed by atoms with Gasteiger partial charge in [-0.1, -0.05) is 32.4 Å². The van der Waals surface area contributed by atoms with Crippen LogP contribution >= 0.6 is 11.6 Å². The highest BCUT2D eigenvalue weighted by atomic mass is 35.5. The van der Waals surface area contributed by atoms with Crippen molar-refractivity contribution in [1.29, 1.82) is 0 Å².